The average Bonchev–Trinajstić information content (AvgIpc) is 2.69. The Morgan fingerprint density at radius 3 is 2.89 bits per heavy atom. The highest BCUT2D eigenvalue weighted by Crippen LogP contribution is 2.32. The average molecular weight is 275 g/mol. The number of aromatic nitrogens is 1. The topological polar surface area (TPSA) is 59.2 Å². The van der Waals surface area contributed by atoms with Crippen LogP contribution < -0.4 is 5.73 Å². The number of primary amides is 1. The third kappa shape index (κ3) is 2.13. The first kappa shape index (κ1) is 12.6. The number of amides is 1. The lowest BCUT2D eigenvalue weighted by Crippen LogP contribution is -2.48. The van der Waals surface area contributed by atoms with Crippen molar-refractivity contribution < 1.29 is 4.79 Å². The molecule has 2 aromatic heterocycles. The summed E-state index contributed by atoms with van der Waals surface area (Å²) < 4.78 is 1.05. The van der Waals surface area contributed by atoms with Crippen molar-refractivity contribution in [3.63, 3.8) is 0 Å². The number of hydrogen-bond acceptors (Lipinski definition) is 4. The molecule has 0 spiro atoms. The first-order chi connectivity index (χ1) is 9.06. The maximum Gasteiger partial charge on any atom is 0.251 e. The van der Waals surface area contributed by atoms with Crippen molar-refractivity contribution in [2.24, 2.45) is 5.73 Å². The van der Waals surface area contributed by atoms with Crippen molar-refractivity contribution in [2.45, 2.75) is 25.8 Å². The van der Waals surface area contributed by atoms with Crippen LogP contribution in [0.3, 0.4) is 0 Å². The predicted octanol–water partition coefficient (Wildman–Crippen LogP) is 2.20. The number of pyridine rings is 1. The number of fused-ring (bicyclic) bond motifs is 1. The molecule has 0 radical (unpaired) electrons. The third-order valence-electron chi connectivity index (χ3n) is 3.81. The molecule has 0 unspecified atom stereocenters. The number of likely N-dealkylation sites (tertiary alicyclic amines) is 1. The summed E-state index contributed by atoms with van der Waals surface area (Å²) in [7, 11) is 0. The minimum atomic E-state index is -0.402. The molecule has 1 aliphatic rings. The summed E-state index contributed by atoms with van der Waals surface area (Å²) in [6.07, 6.45) is 1.89. The van der Waals surface area contributed by atoms with Crippen LogP contribution >= 0.6 is 11.3 Å². The van der Waals surface area contributed by atoms with Gasteiger partial charge >= 0.3 is 0 Å². The van der Waals surface area contributed by atoms with Crippen LogP contribution in [0.25, 0.3) is 10.2 Å². The second-order valence-electron chi connectivity index (χ2n) is 5.37. The molecule has 3 rings (SSSR count). The molecule has 0 bridgehead atoms. The largest absolute Gasteiger partial charge is 0.366 e. The summed E-state index contributed by atoms with van der Waals surface area (Å²) in [5.74, 6) is 0.166. The lowest BCUT2D eigenvalue weighted by molar-refractivity contribution is 0.100. The number of hydrogen-bond donors (Lipinski definition) is 1. The summed E-state index contributed by atoms with van der Waals surface area (Å²) in [4.78, 5) is 18.1. The zero-order chi connectivity index (χ0) is 13.6. The molecule has 1 amide bonds. The van der Waals surface area contributed by atoms with Crippen LogP contribution in [0.5, 0.6) is 0 Å². The molecule has 0 aliphatic carbocycles. The zero-order valence-electron chi connectivity index (χ0n) is 11.1. The van der Waals surface area contributed by atoms with Crippen molar-refractivity contribution in [3.05, 3.63) is 28.8 Å². The molecule has 2 aromatic rings. The van der Waals surface area contributed by atoms with Gasteiger partial charge in [-0.2, -0.15) is 0 Å². The van der Waals surface area contributed by atoms with Gasteiger partial charge in [0.2, 0.25) is 0 Å². The van der Waals surface area contributed by atoms with Crippen LogP contribution in [-0.4, -0.2) is 34.9 Å². The summed E-state index contributed by atoms with van der Waals surface area (Å²) in [5.41, 5.74) is 7.87. The van der Waals surface area contributed by atoms with Crippen molar-refractivity contribution in [2.75, 3.05) is 13.1 Å². The summed E-state index contributed by atoms with van der Waals surface area (Å²) >= 11 is 1.54. The van der Waals surface area contributed by atoms with Gasteiger partial charge in [-0.15, -0.1) is 11.3 Å². The van der Waals surface area contributed by atoms with Crippen LogP contribution in [0, 0.1) is 0 Å². The second-order valence-corrected chi connectivity index (χ2v) is 6.28. The summed E-state index contributed by atoms with van der Waals surface area (Å²) in [6.45, 7) is 6.63. The number of nitrogens with zero attached hydrogens (tertiary/aromatic N) is 2. The first-order valence-corrected chi connectivity index (χ1v) is 7.35. The number of carbonyl (C=O) groups excluding carboxylic acids is 1. The van der Waals surface area contributed by atoms with E-state index in [2.05, 4.69) is 29.8 Å². The van der Waals surface area contributed by atoms with E-state index in [1.54, 1.807) is 5.38 Å². The SMILES string of the molecule is CC(C)N1CC(c2cnc3c(C(N)=O)csc3c2)C1. The van der Waals surface area contributed by atoms with Crippen LogP contribution in [0.4, 0.5) is 0 Å². The lowest BCUT2D eigenvalue weighted by Gasteiger charge is -2.42. The fraction of sp³-hybridized carbons (Fsp3) is 0.429. The van der Waals surface area contributed by atoms with Crippen LogP contribution in [-0.2, 0) is 0 Å². The molecule has 1 fully saturated rings. The van der Waals surface area contributed by atoms with Gasteiger partial charge < -0.3 is 5.73 Å². The van der Waals surface area contributed by atoms with Gasteiger partial charge in [0.05, 0.1) is 15.8 Å². The second kappa shape index (κ2) is 4.58. The number of rotatable bonds is 3. The van der Waals surface area contributed by atoms with Gasteiger partial charge in [-0.25, -0.2) is 0 Å². The minimum absolute atomic E-state index is 0.402. The monoisotopic (exact) mass is 275 g/mol. The van der Waals surface area contributed by atoms with Gasteiger partial charge in [0.15, 0.2) is 0 Å². The Morgan fingerprint density at radius 2 is 2.26 bits per heavy atom. The van der Waals surface area contributed by atoms with E-state index in [9.17, 15) is 4.79 Å². The molecular formula is C14H17N3OS. The van der Waals surface area contributed by atoms with Crippen molar-refractivity contribution in [3.8, 4) is 0 Å². The maximum absolute atomic E-state index is 11.3. The Labute approximate surface area is 116 Å². The molecule has 1 aliphatic heterocycles. The molecule has 19 heavy (non-hydrogen) atoms. The quantitative estimate of drug-likeness (QED) is 0.934. The molecule has 1 saturated heterocycles. The fourth-order valence-corrected chi connectivity index (χ4v) is 3.42. The van der Waals surface area contributed by atoms with Crippen LogP contribution in [0.2, 0.25) is 0 Å². The van der Waals surface area contributed by atoms with E-state index < -0.39 is 5.91 Å². The molecular weight excluding hydrogens is 258 g/mol. The Kier molecular flexibility index (Phi) is 3.03. The van der Waals surface area contributed by atoms with E-state index in [0.29, 0.717) is 17.5 Å². The Balaban J connectivity index is 1.86. The number of thiophene rings is 1. The molecule has 0 saturated carbocycles. The van der Waals surface area contributed by atoms with Gasteiger partial charge in [0.25, 0.3) is 5.91 Å². The fourth-order valence-electron chi connectivity index (χ4n) is 2.47. The molecule has 3 heterocycles. The van der Waals surface area contributed by atoms with E-state index in [1.165, 1.54) is 16.9 Å². The third-order valence-corrected chi connectivity index (χ3v) is 4.73. The smallest absolute Gasteiger partial charge is 0.251 e. The Hall–Kier alpha value is -1.46. The van der Waals surface area contributed by atoms with Crippen molar-refractivity contribution in [1.82, 2.24) is 9.88 Å². The normalized spacial score (nSPS) is 17.0. The molecule has 0 atom stereocenters. The van der Waals surface area contributed by atoms with E-state index in [-0.39, 0.29) is 0 Å². The van der Waals surface area contributed by atoms with Gasteiger partial charge in [-0.05, 0) is 25.5 Å². The highest BCUT2D eigenvalue weighted by atomic mass is 32.1. The molecule has 2 N–H and O–H groups in total. The van der Waals surface area contributed by atoms with E-state index in [4.69, 9.17) is 5.73 Å². The van der Waals surface area contributed by atoms with Crippen molar-refractivity contribution in [1.29, 1.82) is 0 Å². The van der Waals surface area contributed by atoms with Gasteiger partial charge in [0.1, 0.15) is 0 Å². The van der Waals surface area contributed by atoms with E-state index >= 15 is 0 Å². The molecule has 0 aromatic carbocycles. The first-order valence-electron chi connectivity index (χ1n) is 6.47. The maximum atomic E-state index is 11.3. The van der Waals surface area contributed by atoms with Crippen molar-refractivity contribution >= 4 is 27.5 Å². The lowest BCUT2D eigenvalue weighted by atomic mass is 9.91. The molecule has 100 valence electrons. The van der Waals surface area contributed by atoms with Gasteiger partial charge in [-0.1, -0.05) is 0 Å². The highest BCUT2D eigenvalue weighted by molar-refractivity contribution is 7.17. The van der Waals surface area contributed by atoms with Gasteiger partial charge in [0, 0.05) is 36.6 Å². The number of carbonyl (C=O) groups is 1. The van der Waals surface area contributed by atoms with E-state index in [0.717, 1.165) is 23.3 Å². The summed E-state index contributed by atoms with van der Waals surface area (Å²) in [6, 6.07) is 2.76. The summed E-state index contributed by atoms with van der Waals surface area (Å²) in [5, 5.41) is 1.80. The van der Waals surface area contributed by atoms with E-state index in [1.807, 2.05) is 6.20 Å². The Morgan fingerprint density at radius 1 is 1.53 bits per heavy atom. The number of nitrogens with two attached hydrogens (primary N) is 1. The van der Waals surface area contributed by atoms with Crippen LogP contribution in [0.15, 0.2) is 17.6 Å². The zero-order valence-corrected chi connectivity index (χ0v) is 11.9. The highest BCUT2D eigenvalue weighted by Gasteiger charge is 2.30. The minimum Gasteiger partial charge on any atom is -0.366 e. The molecule has 4 nitrogen and oxygen atoms in total. The Bertz CT molecular complexity index is 629. The predicted molar refractivity (Wildman–Crippen MR) is 77.6 cm³/mol. The molecule has 5 heteroatoms. The van der Waals surface area contributed by atoms with Gasteiger partial charge in [-0.3, -0.25) is 14.7 Å². The standard InChI is InChI=1S/C14H17N3OS/c1-8(2)17-5-10(6-17)9-3-12-13(16-4-9)11(7-19-12)14(15)18/h3-4,7-8,10H,5-6H2,1-2H3,(H2,15,18). The van der Waals surface area contributed by atoms with Crippen LogP contribution in [0.1, 0.15) is 35.7 Å².